The zero-order valence-corrected chi connectivity index (χ0v) is 35.3. The topological polar surface area (TPSA) is 20.2 Å². The van der Waals surface area contributed by atoms with Crippen LogP contribution in [0.15, 0.2) is 0 Å². The van der Waals surface area contributed by atoms with Gasteiger partial charge in [0.05, 0.1) is 6.10 Å². The SMILES string of the molecule is C.C.C.C.C.C.C.C.C.C.C.CC.CC(C)C(C)O.CCC.CCC.CCC.CCC.CCC.CCC.CCC.CCC.CCC.CCC(C)C. The number of aliphatic hydroxyl groups is 1. The average molecular weight is 764 g/mol. The van der Waals surface area contributed by atoms with E-state index in [0.717, 1.165) is 5.92 Å². The Labute approximate surface area is 348 Å². The molecule has 1 heteroatoms. The van der Waals surface area contributed by atoms with Crippen LogP contribution in [0.1, 0.15) is 326 Å². The first-order valence-corrected chi connectivity index (χ1v) is 18.3. The third kappa shape index (κ3) is 3240. The van der Waals surface area contributed by atoms with Gasteiger partial charge in [0, 0.05) is 0 Å². The molecule has 0 radical (unpaired) electrons. The fraction of sp³-hybridized carbons (Fsp3) is 1.00. The van der Waals surface area contributed by atoms with E-state index in [0.29, 0.717) is 5.92 Å². The molecule has 0 aliphatic heterocycles. The molecule has 1 unspecified atom stereocenters. The predicted octanol–water partition coefficient (Wildman–Crippen LogP) is 23.8. The summed E-state index contributed by atoms with van der Waals surface area (Å²) < 4.78 is 0. The first kappa shape index (κ1) is 163. The molecule has 0 spiro atoms. The normalized spacial score (nSPS) is 6.06. The van der Waals surface area contributed by atoms with Gasteiger partial charge in [0.2, 0.25) is 0 Å². The molecule has 1 N–H and O–H groups in total. The number of rotatable bonds is 2. The highest BCUT2D eigenvalue weighted by molar-refractivity contribution is 4.48. The van der Waals surface area contributed by atoms with Gasteiger partial charge < -0.3 is 5.11 Å². The van der Waals surface area contributed by atoms with Crippen molar-refractivity contribution in [1.29, 1.82) is 0 Å². The van der Waals surface area contributed by atoms with E-state index in [9.17, 15) is 0 Å². The molecule has 0 saturated heterocycles. The van der Waals surface area contributed by atoms with Crippen molar-refractivity contribution in [2.45, 2.75) is 332 Å². The molecule has 0 bridgehead atoms. The zero-order chi connectivity index (χ0) is 35.8. The van der Waals surface area contributed by atoms with Crippen LogP contribution in [0.25, 0.3) is 0 Å². The van der Waals surface area contributed by atoms with E-state index < -0.39 is 0 Å². The Hall–Kier alpha value is -0.0400. The summed E-state index contributed by atoms with van der Waals surface area (Å²) in [6.45, 7) is 54.7. The lowest BCUT2D eigenvalue weighted by molar-refractivity contribution is 0.144. The van der Waals surface area contributed by atoms with Crippen LogP contribution in [0.4, 0.5) is 0 Å². The van der Waals surface area contributed by atoms with Crippen LogP contribution in [-0.4, -0.2) is 11.2 Å². The quantitative estimate of drug-likeness (QED) is 0.297. The van der Waals surface area contributed by atoms with E-state index in [4.69, 9.17) is 5.11 Å². The highest BCUT2D eigenvalue weighted by atomic mass is 16.3. The van der Waals surface area contributed by atoms with Gasteiger partial charge in [-0.3, -0.25) is 0 Å². The van der Waals surface area contributed by atoms with Crippen molar-refractivity contribution in [2.75, 3.05) is 0 Å². The molecular formula is C50H146O. The average Bonchev–Trinajstić information content (AvgIpc) is 2.85. The summed E-state index contributed by atoms with van der Waals surface area (Å²) in [4.78, 5) is 0. The molecule has 51 heavy (non-hydrogen) atoms. The standard InChI is InChI=1S/C5H12O.C5H12.9C3H8.C2H6.11CH4/c1-4(2)5(3)6;1-4-5(2)3;9*1-3-2;1-2;;;;;;;;;;;/h4-6H,1-3H3;5H,4H2,1-3H3;9*3H2,1-2H3;1-2H3;11*1H4. The van der Waals surface area contributed by atoms with Crippen LogP contribution in [0, 0.1) is 11.8 Å². The molecule has 1 atom stereocenters. The lowest BCUT2D eigenvalue weighted by Gasteiger charge is -2.04. The molecule has 0 aromatic rings. The molecule has 0 aromatic carbocycles. The summed E-state index contributed by atoms with van der Waals surface area (Å²) >= 11 is 0. The molecule has 1 nitrogen and oxygen atoms in total. The molecule has 352 valence electrons. The van der Waals surface area contributed by atoms with E-state index in [2.05, 4.69) is 145 Å². The Bertz CT molecular complexity index is 128. The van der Waals surface area contributed by atoms with E-state index in [1.165, 1.54) is 64.2 Å². The van der Waals surface area contributed by atoms with Gasteiger partial charge in [-0.05, 0) is 18.8 Å². The Kier molecular flexibility index (Phi) is 1060. The molecule has 0 fully saturated rings. The summed E-state index contributed by atoms with van der Waals surface area (Å²) in [5.74, 6) is 1.29. The Morgan fingerprint density at radius 1 is 0.275 bits per heavy atom. The smallest absolute Gasteiger partial charge is 0.0535 e. The maximum Gasteiger partial charge on any atom is 0.0535 e. The Morgan fingerprint density at radius 2 is 0.314 bits per heavy atom. The monoisotopic (exact) mass is 763 g/mol. The minimum Gasteiger partial charge on any atom is -0.393 e. The molecule has 0 rings (SSSR count). The molecule has 0 aliphatic rings. The lowest BCUT2D eigenvalue weighted by Crippen LogP contribution is -2.07. The largest absolute Gasteiger partial charge is 0.393 e. The predicted molar refractivity (Wildman–Crippen MR) is 281 cm³/mol. The summed E-state index contributed by atoms with van der Waals surface area (Å²) in [7, 11) is 0. The van der Waals surface area contributed by atoms with Crippen LogP contribution in [0.3, 0.4) is 0 Å². The van der Waals surface area contributed by atoms with Crippen molar-refractivity contribution in [2.24, 2.45) is 11.8 Å². The second-order valence-corrected chi connectivity index (χ2v) is 10.2. The van der Waals surface area contributed by atoms with Gasteiger partial charge in [0.15, 0.2) is 0 Å². The van der Waals surface area contributed by atoms with Crippen molar-refractivity contribution >= 4 is 0 Å². The van der Waals surface area contributed by atoms with Crippen LogP contribution >= 0.6 is 0 Å². The van der Waals surface area contributed by atoms with E-state index >= 15 is 0 Å². The first-order valence-electron chi connectivity index (χ1n) is 18.3. The van der Waals surface area contributed by atoms with Gasteiger partial charge in [-0.2, -0.15) is 0 Å². The number of hydrogen-bond donors (Lipinski definition) is 1. The van der Waals surface area contributed by atoms with Crippen LogP contribution < -0.4 is 0 Å². The summed E-state index contributed by atoms with van der Waals surface area (Å²) in [6.07, 6.45) is 12.4. The minimum absolute atomic E-state index is 0. The highest BCUT2D eigenvalue weighted by Crippen LogP contribution is 1.96. The van der Waals surface area contributed by atoms with Gasteiger partial charge in [-0.1, -0.05) is 319 Å². The summed E-state index contributed by atoms with van der Waals surface area (Å²) in [6, 6.07) is 0. The van der Waals surface area contributed by atoms with Gasteiger partial charge in [-0.25, -0.2) is 0 Å². The summed E-state index contributed by atoms with van der Waals surface area (Å²) in [5, 5.41) is 8.63. The Morgan fingerprint density at radius 3 is 0.314 bits per heavy atom. The second-order valence-electron chi connectivity index (χ2n) is 10.2. The van der Waals surface area contributed by atoms with Crippen LogP contribution in [0.5, 0.6) is 0 Å². The van der Waals surface area contributed by atoms with Crippen molar-refractivity contribution in [3.8, 4) is 0 Å². The molecule has 0 amide bonds. The van der Waals surface area contributed by atoms with Crippen molar-refractivity contribution < 1.29 is 5.11 Å². The maximum atomic E-state index is 8.63. The van der Waals surface area contributed by atoms with Crippen molar-refractivity contribution in [1.82, 2.24) is 0 Å². The Balaban J connectivity index is -0.00000000791. The third-order valence-electron chi connectivity index (χ3n) is 1.78. The number of aliphatic hydroxyl groups excluding tert-OH is 1. The van der Waals surface area contributed by atoms with Gasteiger partial charge in [0.25, 0.3) is 0 Å². The van der Waals surface area contributed by atoms with Crippen molar-refractivity contribution in [3.63, 3.8) is 0 Å². The molecule has 0 aliphatic carbocycles. The van der Waals surface area contributed by atoms with Gasteiger partial charge in [-0.15, -0.1) is 0 Å². The van der Waals surface area contributed by atoms with Gasteiger partial charge in [0.1, 0.15) is 0 Å². The van der Waals surface area contributed by atoms with E-state index in [1.54, 1.807) is 6.92 Å². The second kappa shape index (κ2) is 333. The van der Waals surface area contributed by atoms with Crippen LogP contribution in [0.2, 0.25) is 0 Å². The van der Waals surface area contributed by atoms with Crippen molar-refractivity contribution in [3.05, 3.63) is 0 Å². The summed E-state index contributed by atoms with van der Waals surface area (Å²) in [5.41, 5.74) is 0. The fourth-order valence-electron chi connectivity index (χ4n) is 0. The zero-order valence-electron chi connectivity index (χ0n) is 35.3. The van der Waals surface area contributed by atoms with E-state index in [1.807, 2.05) is 27.7 Å². The highest BCUT2D eigenvalue weighted by Gasteiger charge is 1.97. The maximum absolute atomic E-state index is 8.63. The first-order chi connectivity index (χ1) is 18.6. The lowest BCUT2D eigenvalue weighted by atomic mass is 10.1. The van der Waals surface area contributed by atoms with Gasteiger partial charge >= 0.3 is 0 Å². The molecule has 0 saturated carbocycles. The molecule has 0 aromatic heterocycles. The number of hydrogen-bond acceptors (Lipinski definition) is 1. The third-order valence-corrected chi connectivity index (χ3v) is 1.78. The van der Waals surface area contributed by atoms with E-state index in [-0.39, 0.29) is 87.8 Å². The minimum atomic E-state index is -0.148. The van der Waals surface area contributed by atoms with Crippen LogP contribution in [-0.2, 0) is 0 Å². The molecule has 0 heterocycles. The fourth-order valence-corrected chi connectivity index (χ4v) is 0. The molecular weight excluding hydrogens is 617 g/mol.